The third kappa shape index (κ3) is 6.61. The number of benzene rings is 2. The molecule has 0 aliphatic heterocycles. The van der Waals surface area contributed by atoms with Gasteiger partial charge in [0.05, 0.1) is 6.42 Å². The maximum Gasteiger partial charge on any atom is 0.279 e. The summed E-state index contributed by atoms with van der Waals surface area (Å²) in [5.74, 6) is -0.162. The summed E-state index contributed by atoms with van der Waals surface area (Å²) in [6, 6.07) is 14.6. The molecule has 1 unspecified atom stereocenters. The average molecular weight is 389 g/mol. The molecule has 0 saturated carbocycles. The first-order valence-electron chi connectivity index (χ1n) is 8.75. The number of nitrogens with one attached hydrogen (secondary N) is 2. The monoisotopic (exact) mass is 388 g/mol. The largest absolute Gasteiger partial charge is 0.481 e. The highest BCUT2D eigenvalue weighted by Crippen LogP contribution is 2.24. The van der Waals surface area contributed by atoms with Crippen molar-refractivity contribution in [3.8, 4) is 5.75 Å². The normalized spacial score (nSPS) is 12.2. The average Bonchev–Trinajstić information content (AvgIpc) is 2.61. The number of hydrazine groups is 1. The maximum atomic E-state index is 12.1. The highest BCUT2D eigenvalue weighted by Gasteiger charge is 2.17. The number of hydrogen-bond acceptors (Lipinski definition) is 3. The standard InChI is InChI=1S/C21H25ClN2O3/c1-14(27-18-11-7-16(8-12-18)21(2,3)4)20(26)24-23-19(25)13-15-5-9-17(22)10-6-15/h5-12,14H,13H2,1-4H3,(H,23,25)(H,24,26). The Balaban J connectivity index is 1.81. The highest BCUT2D eigenvalue weighted by molar-refractivity contribution is 6.30. The predicted octanol–water partition coefficient (Wildman–Crippen LogP) is 3.79. The van der Waals surface area contributed by atoms with Crippen LogP contribution < -0.4 is 15.6 Å². The topological polar surface area (TPSA) is 67.4 Å². The van der Waals surface area contributed by atoms with E-state index in [1.54, 1.807) is 31.2 Å². The van der Waals surface area contributed by atoms with Crippen molar-refractivity contribution in [2.75, 3.05) is 0 Å². The van der Waals surface area contributed by atoms with Crippen LogP contribution in [0.15, 0.2) is 48.5 Å². The van der Waals surface area contributed by atoms with E-state index < -0.39 is 12.0 Å². The van der Waals surface area contributed by atoms with Gasteiger partial charge < -0.3 is 4.74 Å². The molecule has 27 heavy (non-hydrogen) atoms. The maximum absolute atomic E-state index is 12.1. The van der Waals surface area contributed by atoms with Crippen molar-refractivity contribution in [2.45, 2.75) is 45.6 Å². The Hall–Kier alpha value is -2.53. The van der Waals surface area contributed by atoms with Gasteiger partial charge in [-0.15, -0.1) is 0 Å². The molecule has 0 fully saturated rings. The van der Waals surface area contributed by atoms with E-state index in [0.29, 0.717) is 10.8 Å². The van der Waals surface area contributed by atoms with Crippen molar-refractivity contribution in [3.63, 3.8) is 0 Å². The van der Waals surface area contributed by atoms with Crippen LogP contribution in [-0.4, -0.2) is 17.9 Å². The number of rotatable bonds is 5. The van der Waals surface area contributed by atoms with Crippen LogP contribution in [0.2, 0.25) is 5.02 Å². The Labute approximate surface area is 165 Å². The lowest BCUT2D eigenvalue weighted by atomic mass is 9.87. The van der Waals surface area contributed by atoms with Crippen LogP contribution in [0.3, 0.4) is 0 Å². The zero-order valence-electron chi connectivity index (χ0n) is 16.0. The first-order chi connectivity index (χ1) is 12.6. The van der Waals surface area contributed by atoms with E-state index in [0.717, 1.165) is 5.56 Å². The number of carbonyl (C=O) groups excluding carboxylic acids is 2. The first-order valence-corrected chi connectivity index (χ1v) is 9.13. The van der Waals surface area contributed by atoms with E-state index in [1.165, 1.54) is 5.56 Å². The molecule has 0 spiro atoms. The van der Waals surface area contributed by atoms with Gasteiger partial charge in [0.2, 0.25) is 5.91 Å². The molecule has 0 saturated heterocycles. The molecule has 0 radical (unpaired) electrons. The summed E-state index contributed by atoms with van der Waals surface area (Å²) in [7, 11) is 0. The van der Waals surface area contributed by atoms with E-state index >= 15 is 0 Å². The van der Waals surface area contributed by atoms with Crippen LogP contribution in [0.1, 0.15) is 38.8 Å². The predicted molar refractivity (Wildman–Crippen MR) is 107 cm³/mol. The number of amides is 2. The number of ether oxygens (including phenoxy) is 1. The lowest BCUT2D eigenvalue weighted by Gasteiger charge is -2.20. The fourth-order valence-electron chi connectivity index (χ4n) is 2.36. The van der Waals surface area contributed by atoms with Crippen molar-refractivity contribution >= 4 is 23.4 Å². The Morgan fingerprint density at radius 2 is 1.59 bits per heavy atom. The molecule has 0 heterocycles. The van der Waals surface area contributed by atoms with Gasteiger partial charge in [-0.05, 0) is 47.7 Å². The third-order valence-corrected chi connectivity index (χ3v) is 4.26. The van der Waals surface area contributed by atoms with Gasteiger partial charge in [-0.3, -0.25) is 20.4 Å². The van der Waals surface area contributed by atoms with Crippen LogP contribution in [0.4, 0.5) is 0 Å². The summed E-state index contributed by atoms with van der Waals surface area (Å²) in [6.45, 7) is 8.02. The van der Waals surface area contributed by atoms with Crippen molar-refractivity contribution in [3.05, 3.63) is 64.7 Å². The minimum atomic E-state index is -0.749. The smallest absolute Gasteiger partial charge is 0.279 e. The van der Waals surface area contributed by atoms with Gasteiger partial charge in [0.1, 0.15) is 5.75 Å². The van der Waals surface area contributed by atoms with E-state index in [1.807, 2.05) is 24.3 Å². The van der Waals surface area contributed by atoms with Gasteiger partial charge in [0.15, 0.2) is 6.10 Å². The fraction of sp³-hybridized carbons (Fsp3) is 0.333. The Morgan fingerprint density at radius 3 is 2.15 bits per heavy atom. The van der Waals surface area contributed by atoms with Gasteiger partial charge in [0.25, 0.3) is 5.91 Å². The van der Waals surface area contributed by atoms with Gasteiger partial charge in [0, 0.05) is 5.02 Å². The van der Waals surface area contributed by atoms with Crippen LogP contribution in [-0.2, 0) is 21.4 Å². The fourth-order valence-corrected chi connectivity index (χ4v) is 2.48. The van der Waals surface area contributed by atoms with E-state index in [4.69, 9.17) is 16.3 Å². The molecule has 6 heteroatoms. The van der Waals surface area contributed by atoms with Crippen molar-refractivity contribution < 1.29 is 14.3 Å². The van der Waals surface area contributed by atoms with E-state index in [9.17, 15) is 9.59 Å². The third-order valence-electron chi connectivity index (χ3n) is 4.01. The minimum absolute atomic E-state index is 0.0515. The van der Waals surface area contributed by atoms with Gasteiger partial charge in [-0.25, -0.2) is 0 Å². The van der Waals surface area contributed by atoms with Gasteiger partial charge in [-0.2, -0.15) is 0 Å². The number of carbonyl (C=O) groups is 2. The molecule has 2 amide bonds. The molecular weight excluding hydrogens is 364 g/mol. The second kappa shape index (κ2) is 8.91. The summed E-state index contributed by atoms with van der Waals surface area (Å²) >= 11 is 5.81. The SMILES string of the molecule is CC(Oc1ccc(C(C)(C)C)cc1)C(=O)NNC(=O)Cc1ccc(Cl)cc1. The molecule has 2 rings (SSSR count). The van der Waals surface area contributed by atoms with Gasteiger partial charge in [-0.1, -0.05) is 56.6 Å². The van der Waals surface area contributed by atoms with E-state index in [2.05, 4.69) is 31.6 Å². The number of halogens is 1. The summed E-state index contributed by atoms with van der Waals surface area (Å²) < 4.78 is 5.63. The van der Waals surface area contributed by atoms with Crippen molar-refractivity contribution in [1.82, 2.24) is 10.9 Å². The zero-order valence-corrected chi connectivity index (χ0v) is 16.8. The molecule has 2 N–H and O–H groups in total. The van der Waals surface area contributed by atoms with Crippen molar-refractivity contribution in [1.29, 1.82) is 0 Å². The minimum Gasteiger partial charge on any atom is -0.481 e. The quantitative estimate of drug-likeness (QED) is 0.765. The number of hydrogen-bond donors (Lipinski definition) is 2. The second-order valence-electron chi connectivity index (χ2n) is 7.38. The first kappa shape index (κ1) is 20.8. The van der Waals surface area contributed by atoms with E-state index in [-0.39, 0.29) is 17.7 Å². The Bertz CT molecular complexity index is 781. The molecule has 0 bridgehead atoms. The Morgan fingerprint density at radius 1 is 1.00 bits per heavy atom. The summed E-state index contributed by atoms with van der Waals surface area (Å²) in [5.41, 5.74) is 6.80. The molecule has 0 aromatic heterocycles. The molecular formula is C21H25ClN2O3. The van der Waals surface area contributed by atoms with Crippen LogP contribution in [0.25, 0.3) is 0 Å². The zero-order chi connectivity index (χ0) is 20.0. The van der Waals surface area contributed by atoms with Crippen molar-refractivity contribution in [2.24, 2.45) is 0 Å². The van der Waals surface area contributed by atoms with Crippen LogP contribution >= 0.6 is 11.6 Å². The molecule has 2 aromatic rings. The summed E-state index contributed by atoms with van der Waals surface area (Å²) in [6.07, 6.45) is -0.609. The molecule has 1 atom stereocenters. The molecule has 144 valence electrons. The summed E-state index contributed by atoms with van der Waals surface area (Å²) in [5, 5.41) is 0.606. The molecule has 0 aliphatic rings. The highest BCUT2D eigenvalue weighted by atomic mass is 35.5. The molecule has 0 aliphatic carbocycles. The van der Waals surface area contributed by atoms with Crippen LogP contribution in [0, 0.1) is 0 Å². The lowest BCUT2D eigenvalue weighted by Crippen LogP contribution is -2.47. The second-order valence-corrected chi connectivity index (χ2v) is 7.81. The lowest BCUT2D eigenvalue weighted by molar-refractivity contribution is -0.132. The Kier molecular flexibility index (Phi) is 6.86. The van der Waals surface area contributed by atoms with Crippen LogP contribution in [0.5, 0.6) is 5.75 Å². The van der Waals surface area contributed by atoms with Gasteiger partial charge >= 0.3 is 0 Å². The summed E-state index contributed by atoms with van der Waals surface area (Å²) in [4.78, 5) is 24.0. The molecule has 2 aromatic carbocycles. The molecule has 5 nitrogen and oxygen atoms in total.